The number of piperazine rings is 1. The molecule has 1 aliphatic rings. The third-order valence-corrected chi connectivity index (χ3v) is 4.32. The lowest BCUT2D eigenvalue weighted by atomic mass is 10.2. The average molecular weight is 360 g/mol. The number of nitrogens with one attached hydrogen (secondary N) is 1. The van der Waals surface area contributed by atoms with Gasteiger partial charge in [0.05, 0.1) is 10.7 Å². The van der Waals surface area contributed by atoms with Crippen molar-refractivity contribution in [1.29, 1.82) is 0 Å². The third-order valence-electron chi connectivity index (χ3n) is 3.99. The molecule has 8 heteroatoms. The molecule has 0 atom stereocenters. The van der Waals surface area contributed by atoms with Crippen LogP contribution in [0.4, 0.5) is 17.2 Å². The largest absolute Gasteiger partial charge is 0.398 e. The highest BCUT2D eigenvalue weighted by Crippen LogP contribution is 2.22. The summed E-state index contributed by atoms with van der Waals surface area (Å²) in [5.41, 5.74) is 6.48. The van der Waals surface area contributed by atoms with E-state index in [2.05, 4.69) is 15.2 Å². The summed E-state index contributed by atoms with van der Waals surface area (Å²) in [7, 11) is 0. The third kappa shape index (κ3) is 4.00. The van der Waals surface area contributed by atoms with Crippen molar-refractivity contribution in [2.24, 2.45) is 0 Å². The summed E-state index contributed by atoms with van der Waals surface area (Å²) >= 11 is 5.92. The first-order valence-electron chi connectivity index (χ1n) is 7.86. The molecule has 0 unspecified atom stereocenters. The van der Waals surface area contributed by atoms with Crippen LogP contribution >= 0.6 is 11.6 Å². The van der Waals surface area contributed by atoms with Gasteiger partial charge in [0, 0.05) is 38.1 Å². The number of nitrogen functional groups attached to an aromatic ring is 1. The first-order valence-corrected chi connectivity index (χ1v) is 8.23. The number of pyridine rings is 1. The van der Waals surface area contributed by atoms with Gasteiger partial charge in [-0.2, -0.15) is 0 Å². The van der Waals surface area contributed by atoms with Crippen molar-refractivity contribution in [2.75, 3.05) is 42.1 Å². The Labute approximate surface area is 150 Å². The molecule has 0 radical (unpaired) electrons. The van der Waals surface area contributed by atoms with Crippen LogP contribution in [-0.4, -0.2) is 47.9 Å². The van der Waals surface area contributed by atoms with Crippen LogP contribution in [0.2, 0.25) is 5.02 Å². The van der Waals surface area contributed by atoms with Crippen LogP contribution in [0.15, 0.2) is 42.6 Å². The van der Waals surface area contributed by atoms with E-state index in [1.807, 2.05) is 18.2 Å². The monoisotopic (exact) mass is 359 g/mol. The number of hydrogen-bond donors (Lipinski definition) is 2. The Balaban J connectivity index is 1.56. The number of carbonyl (C=O) groups excluding carboxylic acids is 2. The summed E-state index contributed by atoms with van der Waals surface area (Å²) in [5.74, 6) is -0.378. The number of carbonyl (C=O) groups is 2. The molecule has 0 saturated carbocycles. The fourth-order valence-electron chi connectivity index (χ4n) is 2.61. The minimum Gasteiger partial charge on any atom is -0.398 e. The zero-order chi connectivity index (χ0) is 17.8. The Morgan fingerprint density at radius 1 is 1.12 bits per heavy atom. The van der Waals surface area contributed by atoms with Gasteiger partial charge in [-0.1, -0.05) is 17.7 Å². The summed E-state index contributed by atoms with van der Waals surface area (Å²) in [6.45, 7) is 2.18. The summed E-state index contributed by atoms with van der Waals surface area (Å²) in [6, 6.07) is 10.4. The Morgan fingerprint density at radius 2 is 1.88 bits per heavy atom. The lowest BCUT2D eigenvalue weighted by molar-refractivity contribution is -0.143. The van der Waals surface area contributed by atoms with E-state index in [1.165, 1.54) is 11.0 Å². The Morgan fingerprint density at radius 3 is 2.52 bits per heavy atom. The summed E-state index contributed by atoms with van der Waals surface area (Å²) in [6.07, 6.45) is 1.73. The van der Waals surface area contributed by atoms with Gasteiger partial charge in [0.15, 0.2) is 0 Å². The molecule has 130 valence electrons. The van der Waals surface area contributed by atoms with E-state index >= 15 is 0 Å². The highest BCUT2D eigenvalue weighted by atomic mass is 35.5. The fraction of sp³-hybridized carbons (Fsp3) is 0.235. The second-order valence-electron chi connectivity index (χ2n) is 5.66. The minimum absolute atomic E-state index is 0.328. The number of halogens is 1. The molecule has 0 aliphatic carbocycles. The van der Waals surface area contributed by atoms with Gasteiger partial charge in [-0.25, -0.2) is 4.98 Å². The Hall–Kier alpha value is -2.80. The smallest absolute Gasteiger partial charge is 0.313 e. The van der Waals surface area contributed by atoms with Crippen LogP contribution in [0, 0.1) is 0 Å². The molecular weight excluding hydrogens is 342 g/mol. The maximum Gasteiger partial charge on any atom is 0.313 e. The molecule has 0 spiro atoms. The highest BCUT2D eigenvalue weighted by Gasteiger charge is 2.26. The van der Waals surface area contributed by atoms with Crippen molar-refractivity contribution in [3.8, 4) is 0 Å². The van der Waals surface area contributed by atoms with Gasteiger partial charge in [0.2, 0.25) is 0 Å². The number of nitrogens with zero attached hydrogens (tertiary/aromatic N) is 3. The van der Waals surface area contributed by atoms with Gasteiger partial charge in [-0.3, -0.25) is 9.59 Å². The van der Waals surface area contributed by atoms with Gasteiger partial charge in [-0.15, -0.1) is 0 Å². The molecule has 1 fully saturated rings. The summed E-state index contributed by atoms with van der Waals surface area (Å²) < 4.78 is 0. The first-order chi connectivity index (χ1) is 12.0. The average Bonchev–Trinajstić information content (AvgIpc) is 2.65. The van der Waals surface area contributed by atoms with E-state index in [0.717, 1.165) is 5.82 Å². The number of amides is 2. The van der Waals surface area contributed by atoms with Crippen molar-refractivity contribution in [2.45, 2.75) is 0 Å². The van der Waals surface area contributed by atoms with E-state index in [-0.39, 0.29) is 0 Å². The number of nitrogens with two attached hydrogens (primary N) is 1. The van der Waals surface area contributed by atoms with Crippen LogP contribution in [0.5, 0.6) is 0 Å². The van der Waals surface area contributed by atoms with Crippen LogP contribution in [0.25, 0.3) is 0 Å². The molecule has 1 aliphatic heterocycles. The number of hydrogen-bond acceptors (Lipinski definition) is 5. The van der Waals surface area contributed by atoms with Crippen molar-refractivity contribution in [3.05, 3.63) is 47.6 Å². The molecule has 2 heterocycles. The summed E-state index contributed by atoms with van der Waals surface area (Å²) in [5, 5.41) is 2.88. The zero-order valence-corrected chi connectivity index (χ0v) is 14.2. The standard InChI is InChI=1S/C17H18ClN5O2/c18-13-11-12(4-5-14(13)19)21-16(24)17(25)23-9-7-22(8-10-23)15-3-1-2-6-20-15/h1-6,11H,7-10,19H2,(H,21,24). The molecule has 1 saturated heterocycles. The molecule has 3 N–H and O–H groups in total. The second-order valence-corrected chi connectivity index (χ2v) is 6.06. The van der Waals surface area contributed by atoms with Crippen molar-refractivity contribution >= 4 is 40.6 Å². The van der Waals surface area contributed by atoms with E-state index in [0.29, 0.717) is 42.6 Å². The SMILES string of the molecule is Nc1ccc(NC(=O)C(=O)N2CCN(c3ccccn3)CC2)cc1Cl. The van der Waals surface area contributed by atoms with Gasteiger partial charge >= 0.3 is 11.8 Å². The van der Waals surface area contributed by atoms with Crippen LogP contribution in [-0.2, 0) is 9.59 Å². The van der Waals surface area contributed by atoms with E-state index in [4.69, 9.17) is 17.3 Å². The van der Waals surface area contributed by atoms with E-state index in [1.54, 1.807) is 18.3 Å². The maximum atomic E-state index is 12.3. The van der Waals surface area contributed by atoms with Crippen molar-refractivity contribution in [1.82, 2.24) is 9.88 Å². The molecule has 1 aromatic heterocycles. The highest BCUT2D eigenvalue weighted by molar-refractivity contribution is 6.40. The Kier molecular flexibility index (Phi) is 5.04. The lowest BCUT2D eigenvalue weighted by Gasteiger charge is -2.34. The molecule has 2 aromatic rings. The van der Waals surface area contributed by atoms with Crippen LogP contribution < -0.4 is 16.0 Å². The fourth-order valence-corrected chi connectivity index (χ4v) is 2.79. The molecule has 3 rings (SSSR count). The molecule has 7 nitrogen and oxygen atoms in total. The van der Waals surface area contributed by atoms with Gasteiger partial charge in [0.1, 0.15) is 5.82 Å². The van der Waals surface area contributed by atoms with Gasteiger partial charge < -0.3 is 20.9 Å². The maximum absolute atomic E-state index is 12.3. The lowest BCUT2D eigenvalue weighted by Crippen LogP contribution is -2.51. The predicted molar refractivity (Wildman–Crippen MR) is 97.5 cm³/mol. The number of anilines is 3. The number of aromatic nitrogens is 1. The van der Waals surface area contributed by atoms with Gasteiger partial charge in [-0.05, 0) is 30.3 Å². The van der Waals surface area contributed by atoms with Crippen molar-refractivity contribution in [3.63, 3.8) is 0 Å². The summed E-state index contributed by atoms with van der Waals surface area (Å²) in [4.78, 5) is 32.4. The van der Waals surface area contributed by atoms with Gasteiger partial charge in [0.25, 0.3) is 0 Å². The zero-order valence-electron chi connectivity index (χ0n) is 13.5. The molecule has 2 amide bonds. The molecular formula is C17H18ClN5O2. The van der Waals surface area contributed by atoms with Crippen LogP contribution in [0.3, 0.4) is 0 Å². The molecule has 1 aromatic carbocycles. The predicted octanol–water partition coefficient (Wildman–Crippen LogP) is 1.60. The number of benzene rings is 1. The van der Waals surface area contributed by atoms with E-state index < -0.39 is 11.8 Å². The first kappa shape index (κ1) is 17.0. The van der Waals surface area contributed by atoms with E-state index in [9.17, 15) is 9.59 Å². The minimum atomic E-state index is -0.688. The topological polar surface area (TPSA) is 91.6 Å². The second kappa shape index (κ2) is 7.40. The van der Waals surface area contributed by atoms with Crippen molar-refractivity contribution < 1.29 is 9.59 Å². The van der Waals surface area contributed by atoms with Crippen LogP contribution in [0.1, 0.15) is 0 Å². The Bertz CT molecular complexity index is 776. The molecule has 25 heavy (non-hydrogen) atoms. The quantitative estimate of drug-likeness (QED) is 0.627. The normalized spacial score (nSPS) is 14.3. The number of rotatable bonds is 2. The molecule has 0 bridgehead atoms.